The van der Waals surface area contributed by atoms with Crippen LogP contribution in [0.5, 0.6) is 5.75 Å². The van der Waals surface area contributed by atoms with Crippen LogP contribution in [0.2, 0.25) is 0 Å². The van der Waals surface area contributed by atoms with Gasteiger partial charge in [0.2, 0.25) is 5.91 Å². The third-order valence-corrected chi connectivity index (χ3v) is 6.89. The van der Waals surface area contributed by atoms with E-state index in [-0.39, 0.29) is 11.5 Å². The highest BCUT2D eigenvalue weighted by molar-refractivity contribution is 8.00. The molecule has 0 bridgehead atoms. The summed E-state index contributed by atoms with van der Waals surface area (Å²) in [6.07, 6.45) is 7.98. The lowest BCUT2D eigenvalue weighted by molar-refractivity contribution is -0.120. The number of carbonyl (C=O) groups is 1. The van der Waals surface area contributed by atoms with Gasteiger partial charge in [0.15, 0.2) is 5.16 Å². The van der Waals surface area contributed by atoms with E-state index < -0.39 is 5.25 Å². The summed E-state index contributed by atoms with van der Waals surface area (Å²) < 4.78 is 6.91. The smallest absolute Gasteiger partial charge is 0.266 e. The minimum Gasteiger partial charge on any atom is -0.497 e. The number of carbonyl (C=O) groups excluding carboxylic acids is 1. The Balaban J connectivity index is 1.58. The summed E-state index contributed by atoms with van der Waals surface area (Å²) >= 11 is 1.29. The normalized spacial score (nSPS) is 14.5. The Morgan fingerprint density at radius 3 is 2.85 bits per heavy atom. The molecule has 7 heteroatoms. The number of ether oxygens (including phenoxy) is 1. The molecule has 1 amide bonds. The molecule has 1 N–H and O–H groups in total. The van der Waals surface area contributed by atoms with Crippen molar-refractivity contribution in [1.29, 1.82) is 0 Å². The fourth-order valence-electron chi connectivity index (χ4n) is 4.00. The van der Waals surface area contributed by atoms with Gasteiger partial charge in [-0.3, -0.25) is 14.2 Å². The van der Waals surface area contributed by atoms with Crippen molar-refractivity contribution in [2.24, 2.45) is 0 Å². The molecular formula is C26H29N3O3S. The Morgan fingerprint density at radius 1 is 1.21 bits per heavy atom. The van der Waals surface area contributed by atoms with Crippen LogP contribution in [0.25, 0.3) is 16.6 Å². The van der Waals surface area contributed by atoms with Crippen molar-refractivity contribution in [2.75, 3.05) is 13.7 Å². The van der Waals surface area contributed by atoms with Crippen molar-refractivity contribution in [2.45, 2.75) is 49.4 Å². The van der Waals surface area contributed by atoms with Crippen molar-refractivity contribution < 1.29 is 9.53 Å². The molecule has 0 spiro atoms. The lowest BCUT2D eigenvalue weighted by Crippen LogP contribution is -2.32. The molecule has 3 aromatic rings. The van der Waals surface area contributed by atoms with Crippen LogP contribution in [-0.2, 0) is 4.79 Å². The van der Waals surface area contributed by atoms with Crippen molar-refractivity contribution in [3.63, 3.8) is 0 Å². The summed E-state index contributed by atoms with van der Waals surface area (Å²) in [5, 5.41) is 3.64. The Morgan fingerprint density at radius 2 is 2.06 bits per heavy atom. The van der Waals surface area contributed by atoms with Gasteiger partial charge in [-0.2, -0.15) is 0 Å². The number of hydrogen-bond donors (Lipinski definition) is 1. The van der Waals surface area contributed by atoms with Gasteiger partial charge in [0.05, 0.1) is 29.0 Å². The van der Waals surface area contributed by atoms with Gasteiger partial charge < -0.3 is 10.1 Å². The molecular weight excluding hydrogens is 434 g/mol. The van der Waals surface area contributed by atoms with Gasteiger partial charge in [-0.15, -0.1) is 0 Å². The van der Waals surface area contributed by atoms with Crippen LogP contribution in [0.3, 0.4) is 0 Å². The number of rotatable bonds is 8. The Hall–Kier alpha value is -3.06. The molecule has 33 heavy (non-hydrogen) atoms. The number of nitrogens with zero attached hydrogens (tertiary/aromatic N) is 2. The Bertz CT molecular complexity index is 1230. The van der Waals surface area contributed by atoms with E-state index in [1.807, 2.05) is 43.3 Å². The molecule has 2 aromatic carbocycles. The number of amides is 1. The first-order valence-electron chi connectivity index (χ1n) is 11.4. The average molecular weight is 464 g/mol. The van der Waals surface area contributed by atoms with Crippen LogP contribution in [0.15, 0.2) is 70.1 Å². The monoisotopic (exact) mass is 463 g/mol. The molecule has 4 rings (SSSR count). The van der Waals surface area contributed by atoms with Gasteiger partial charge in [0.1, 0.15) is 5.75 Å². The predicted octanol–water partition coefficient (Wildman–Crippen LogP) is 4.88. The fourth-order valence-corrected chi connectivity index (χ4v) is 4.95. The number of methoxy groups -OCH3 is 1. The van der Waals surface area contributed by atoms with E-state index in [1.54, 1.807) is 23.8 Å². The maximum atomic E-state index is 13.4. The first-order chi connectivity index (χ1) is 16.1. The zero-order chi connectivity index (χ0) is 23.2. The molecule has 1 aliphatic carbocycles. The number of allylic oxidation sites excluding steroid dienone is 1. The van der Waals surface area contributed by atoms with Gasteiger partial charge in [-0.05, 0) is 63.3 Å². The SMILES string of the molecule is COc1cccc(-n2c(SC(C)C(=O)NCCC3=CCCCC3)nc3ccccc3c2=O)c1. The zero-order valence-electron chi connectivity index (χ0n) is 19.0. The van der Waals surface area contributed by atoms with E-state index in [4.69, 9.17) is 9.72 Å². The minimum absolute atomic E-state index is 0.0593. The molecule has 172 valence electrons. The number of fused-ring (bicyclic) bond motifs is 1. The van der Waals surface area contributed by atoms with Crippen molar-refractivity contribution in [1.82, 2.24) is 14.9 Å². The second kappa shape index (κ2) is 10.7. The van der Waals surface area contributed by atoms with Gasteiger partial charge in [0, 0.05) is 12.6 Å². The number of aromatic nitrogens is 2. The van der Waals surface area contributed by atoms with Crippen molar-refractivity contribution in [3.8, 4) is 11.4 Å². The Labute approximate surface area is 198 Å². The first-order valence-corrected chi connectivity index (χ1v) is 12.2. The topological polar surface area (TPSA) is 73.2 Å². The van der Waals surface area contributed by atoms with Gasteiger partial charge in [-0.1, -0.05) is 41.6 Å². The van der Waals surface area contributed by atoms with Gasteiger partial charge in [0.25, 0.3) is 5.56 Å². The first kappa shape index (κ1) is 23.1. The highest BCUT2D eigenvalue weighted by atomic mass is 32.2. The lowest BCUT2D eigenvalue weighted by Gasteiger charge is -2.17. The third-order valence-electron chi connectivity index (χ3n) is 5.84. The van der Waals surface area contributed by atoms with Crippen LogP contribution >= 0.6 is 11.8 Å². The predicted molar refractivity (Wildman–Crippen MR) is 133 cm³/mol. The van der Waals surface area contributed by atoms with Crippen LogP contribution < -0.4 is 15.6 Å². The zero-order valence-corrected chi connectivity index (χ0v) is 19.9. The fraction of sp³-hybridized carbons (Fsp3) is 0.346. The minimum atomic E-state index is -0.407. The van der Waals surface area contributed by atoms with E-state index in [2.05, 4.69) is 11.4 Å². The van der Waals surface area contributed by atoms with E-state index in [1.165, 1.54) is 30.2 Å². The summed E-state index contributed by atoms with van der Waals surface area (Å²) in [5.41, 5.74) is 2.52. The van der Waals surface area contributed by atoms with Gasteiger partial charge >= 0.3 is 0 Å². The van der Waals surface area contributed by atoms with E-state index in [9.17, 15) is 9.59 Å². The molecule has 6 nitrogen and oxygen atoms in total. The molecule has 0 saturated carbocycles. The summed E-state index contributed by atoms with van der Waals surface area (Å²) in [7, 11) is 1.59. The lowest BCUT2D eigenvalue weighted by atomic mass is 9.97. The molecule has 1 unspecified atom stereocenters. The maximum absolute atomic E-state index is 13.4. The number of hydrogen-bond acceptors (Lipinski definition) is 5. The molecule has 0 saturated heterocycles. The number of para-hydroxylation sites is 1. The van der Waals surface area contributed by atoms with Crippen LogP contribution in [0, 0.1) is 0 Å². The van der Waals surface area contributed by atoms with E-state index >= 15 is 0 Å². The second-order valence-corrected chi connectivity index (χ2v) is 9.47. The van der Waals surface area contributed by atoms with Crippen molar-refractivity contribution in [3.05, 3.63) is 70.5 Å². The highest BCUT2D eigenvalue weighted by Crippen LogP contribution is 2.27. The number of thioether (sulfide) groups is 1. The Kier molecular flexibility index (Phi) is 7.50. The summed E-state index contributed by atoms with van der Waals surface area (Å²) in [6, 6.07) is 14.6. The summed E-state index contributed by atoms with van der Waals surface area (Å²) in [5.74, 6) is 0.585. The number of nitrogens with one attached hydrogen (secondary N) is 1. The largest absolute Gasteiger partial charge is 0.497 e. The molecule has 0 fully saturated rings. The standard InChI is InChI=1S/C26H29N3O3S/c1-18(24(30)27-16-15-19-9-4-3-5-10-19)33-26-28-23-14-7-6-13-22(23)25(31)29(26)20-11-8-12-21(17-20)32-2/h6-9,11-14,17-18H,3-5,10,15-16H2,1-2H3,(H,27,30). The summed E-state index contributed by atoms with van der Waals surface area (Å²) in [4.78, 5) is 30.9. The van der Waals surface area contributed by atoms with Crippen LogP contribution in [-0.4, -0.2) is 34.4 Å². The third kappa shape index (κ3) is 5.47. The molecule has 0 radical (unpaired) electrons. The molecule has 1 aliphatic rings. The van der Waals surface area contributed by atoms with Crippen molar-refractivity contribution >= 4 is 28.6 Å². The average Bonchev–Trinajstić information content (AvgIpc) is 2.85. The molecule has 1 aromatic heterocycles. The van der Waals surface area contributed by atoms with Crippen LogP contribution in [0.1, 0.15) is 39.0 Å². The molecule has 1 heterocycles. The number of benzene rings is 2. The highest BCUT2D eigenvalue weighted by Gasteiger charge is 2.20. The maximum Gasteiger partial charge on any atom is 0.266 e. The quantitative estimate of drug-likeness (QED) is 0.293. The molecule has 1 atom stereocenters. The molecule has 0 aliphatic heterocycles. The summed E-state index contributed by atoms with van der Waals surface area (Å²) in [6.45, 7) is 2.47. The van der Waals surface area contributed by atoms with Crippen LogP contribution in [0.4, 0.5) is 0 Å². The van der Waals surface area contributed by atoms with E-state index in [0.717, 1.165) is 19.3 Å². The second-order valence-electron chi connectivity index (χ2n) is 8.16. The van der Waals surface area contributed by atoms with E-state index in [0.29, 0.717) is 34.0 Å². The van der Waals surface area contributed by atoms with Gasteiger partial charge in [-0.25, -0.2) is 4.98 Å².